The average molecular weight is 332 g/mol. The van der Waals surface area contributed by atoms with E-state index in [0.717, 1.165) is 28.1 Å². The Morgan fingerprint density at radius 2 is 1.72 bits per heavy atom. The number of rotatable bonds is 5. The average Bonchev–Trinajstić information content (AvgIpc) is 2.65. The summed E-state index contributed by atoms with van der Waals surface area (Å²) in [6, 6.07) is 16.8. The van der Waals surface area contributed by atoms with E-state index in [1.165, 1.54) is 0 Å². The second-order valence-electron chi connectivity index (χ2n) is 5.87. The molecule has 1 amide bonds. The zero-order chi connectivity index (χ0) is 17.6. The van der Waals surface area contributed by atoms with E-state index >= 15 is 0 Å². The second-order valence-corrected chi connectivity index (χ2v) is 5.87. The summed E-state index contributed by atoms with van der Waals surface area (Å²) in [6.45, 7) is 4.50. The highest BCUT2D eigenvalue weighted by Gasteiger charge is 2.08. The van der Waals surface area contributed by atoms with Crippen LogP contribution in [0.2, 0.25) is 0 Å². The smallest absolute Gasteiger partial charge is 0.255 e. The molecule has 1 N–H and O–H groups in total. The van der Waals surface area contributed by atoms with Gasteiger partial charge < -0.3 is 10.1 Å². The molecule has 0 spiro atoms. The summed E-state index contributed by atoms with van der Waals surface area (Å²) in [4.78, 5) is 16.4. The molecule has 3 rings (SSSR count). The van der Waals surface area contributed by atoms with E-state index in [-0.39, 0.29) is 5.91 Å². The fourth-order valence-electron chi connectivity index (χ4n) is 2.43. The lowest BCUT2D eigenvalue weighted by atomic mass is 10.1. The minimum absolute atomic E-state index is 0.130. The highest BCUT2D eigenvalue weighted by atomic mass is 16.5. The van der Waals surface area contributed by atoms with Crippen LogP contribution in [0.25, 0.3) is 0 Å². The van der Waals surface area contributed by atoms with Crippen LogP contribution in [0.3, 0.4) is 0 Å². The highest BCUT2D eigenvalue weighted by Crippen LogP contribution is 2.20. The SMILES string of the molecule is Cc1cccc(NC(=O)c2ccc(OCc3ccncc3)cc2)c1C. The van der Waals surface area contributed by atoms with Gasteiger partial charge in [-0.3, -0.25) is 9.78 Å². The molecule has 25 heavy (non-hydrogen) atoms. The summed E-state index contributed by atoms with van der Waals surface area (Å²) in [5.41, 5.74) is 4.71. The molecule has 0 aliphatic carbocycles. The first-order valence-electron chi connectivity index (χ1n) is 8.13. The van der Waals surface area contributed by atoms with Gasteiger partial charge in [0.05, 0.1) is 0 Å². The Hall–Kier alpha value is -3.14. The zero-order valence-corrected chi connectivity index (χ0v) is 14.3. The minimum Gasteiger partial charge on any atom is -0.489 e. The lowest BCUT2D eigenvalue weighted by Crippen LogP contribution is -2.13. The monoisotopic (exact) mass is 332 g/mol. The van der Waals surface area contributed by atoms with Crippen LogP contribution in [0.1, 0.15) is 27.0 Å². The van der Waals surface area contributed by atoms with Gasteiger partial charge in [0.15, 0.2) is 0 Å². The third-order valence-corrected chi connectivity index (χ3v) is 4.12. The van der Waals surface area contributed by atoms with Crippen molar-refractivity contribution in [2.45, 2.75) is 20.5 Å². The molecule has 4 nitrogen and oxygen atoms in total. The van der Waals surface area contributed by atoms with Crippen LogP contribution < -0.4 is 10.1 Å². The molecule has 0 bridgehead atoms. The maximum absolute atomic E-state index is 12.4. The fourth-order valence-corrected chi connectivity index (χ4v) is 2.43. The predicted molar refractivity (Wildman–Crippen MR) is 98.9 cm³/mol. The number of carbonyl (C=O) groups excluding carboxylic acids is 1. The number of nitrogens with zero attached hydrogens (tertiary/aromatic N) is 1. The Morgan fingerprint density at radius 3 is 2.44 bits per heavy atom. The maximum Gasteiger partial charge on any atom is 0.255 e. The van der Waals surface area contributed by atoms with Gasteiger partial charge in [0.2, 0.25) is 0 Å². The number of pyridine rings is 1. The lowest BCUT2D eigenvalue weighted by Gasteiger charge is -2.11. The summed E-state index contributed by atoms with van der Waals surface area (Å²) >= 11 is 0. The van der Waals surface area contributed by atoms with E-state index in [0.29, 0.717) is 12.2 Å². The third-order valence-electron chi connectivity index (χ3n) is 4.12. The van der Waals surface area contributed by atoms with Crippen LogP contribution in [0.4, 0.5) is 5.69 Å². The Labute approximate surface area is 147 Å². The number of anilines is 1. The number of carbonyl (C=O) groups is 1. The summed E-state index contributed by atoms with van der Waals surface area (Å²) in [5, 5.41) is 2.96. The largest absolute Gasteiger partial charge is 0.489 e. The Morgan fingerprint density at radius 1 is 1.00 bits per heavy atom. The maximum atomic E-state index is 12.4. The van der Waals surface area contributed by atoms with Gasteiger partial charge in [-0.2, -0.15) is 0 Å². The molecule has 0 saturated heterocycles. The number of hydrogen-bond donors (Lipinski definition) is 1. The van der Waals surface area contributed by atoms with Crippen molar-refractivity contribution in [3.05, 3.63) is 89.2 Å². The Bertz CT molecular complexity index is 859. The first kappa shape index (κ1) is 16.7. The van der Waals surface area contributed by atoms with Crippen LogP contribution >= 0.6 is 0 Å². The van der Waals surface area contributed by atoms with Gasteiger partial charge in [0.25, 0.3) is 5.91 Å². The van der Waals surface area contributed by atoms with Crippen molar-refractivity contribution in [2.75, 3.05) is 5.32 Å². The summed E-state index contributed by atoms with van der Waals surface area (Å²) in [5.74, 6) is 0.592. The van der Waals surface area contributed by atoms with Gasteiger partial charge in [-0.15, -0.1) is 0 Å². The van der Waals surface area contributed by atoms with Crippen LogP contribution in [0.15, 0.2) is 67.0 Å². The molecule has 1 heterocycles. The van der Waals surface area contributed by atoms with Gasteiger partial charge >= 0.3 is 0 Å². The van der Waals surface area contributed by atoms with Gasteiger partial charge in [-0.25, -0.2) is 0 Å². The number of benzene rings is 2. The molecule has 2 aromatic carbocycles. The summed E-state index contributed by atoms with van der Waals surface area (Å²) in [6.07, 6.45) is 3.47. The predicted octanol–water partition coefficient (Wildman–Crippen LogP) is 4.53. The third kappa shape index (κ3) is 4.23. The molecule has 0 atom stereocenters. The van der Waals surface area contributed by atoms with Crippen LogP contribution in [0.5, 0.6) is 5.75 Å². The molecule has 0 saturated carbocycles. The van der Waals surface area contributed by atoms with Crippen molar-refractivity contribution < 1.29 is 9.53 Å². The van der Waals surface area contributed by atoms with E-state index in [4.69, 9.17) is 4.74 Å². The molecule has 0 aliphatic heterocycles. The highest BCUT2D eigenvalue weighted by molar-refractivity contribution is 6.04. The van der Waals surface area contributed by atoms with E-state index in [1.807, 2.05) is 44.2 Å². The standard InChI is InChI=1S/C21H20N2O2/c1-15-4-3-5-20(16(15)2)23-21(24)18-6-8-19(9-7-18)25-14-17-10-12-22-13-11-17/h3-13H,14H2,1-2H3,(H,23,24). The number of hydrogen-bond acceptors (Lipinski definition) is 3. The molecular weight excluding hydrogens is 312 g/mol. The lowest BCUT2D eigenvalue weighted by molar-refractivity contribution is 0.102. The van der Waals surface area contributed by atoms with Crippen molar-refractivity contribution in [3.63, 3.8) is 0 Å². The van der Waals surface area contributed by atoms with E-state index < -0.39 is 0 Å². The summed E-state index contributed by atoms with van der Waals surface area (Å²) < 4.78 is 5.72. The molecule has 1 aromatic heterocycles. The van der Waals surface area contributed by atoms with Gasteiger partial charge in [-0.1, -0.05) is 12.1 Å². The molecular formula is C21H20N2O2. The number of amides is 1. The first-order chi connectivity index (χ1) is 12.1. The van der Waals surface area contributed by atoms with Gasteiger partial charge in [-0.05, 0) is 73.0 Å². The van der Waals surface area contributed by atoms with Gasteiger partial charge in [0.1, 0.15) is 12.4 Å². The first-order valence-corrected chi connectivity index (χ1v) is 8.13. The van der Waals surface area contributed by atoms with Crippen molar-refractivity contribution in [3.8, 4) is 5.75 Å². The molecule has 0 fully saturated rings. The normalized spacial score (nSPS) is 10.3. The van der Waals surface area contributed by atoms with E-state index in [2.05, 4.69) is 10.3 Å². The Balaban J connectivity index is 1.63. The fraction of sp³-hybridized carbons (Fsp3) is 0.143. The minimum atomic E-state index is -0.130. The number of nitrogens with one attached hydrogen (secondary N) is 1. The zero-order valence-electron chi connectivity index (χ0n) is 14.3. The molecule has 4 heteroatoms. The van der Waals surface area contributed by atoms with E-state index in [1.54, 1.807) is 36.7 Å². The number of aromatic nitrogens is 1. The number of ether oxygens (including phenoxy) is 1. The molecule has 0 aliphatic rings. The molecule has 3 aromatic rings. The van der Waals surface area contributed by atoms with Crippen molar-refractivity contribution in [2.24, 2.45) is 0 Å². The van der Waals surface area contributed by atoms with Crippen LogP contribution in [-0.2, 0) is 6.61 Å². The topological polar surface area (TPSA) is 51.2 Å². The second kappa shape index (κ2) is 7.62. The molecule has 0 unspecified atom stereocenters. The van der Waals surface area contributed by atoms with Crippen LogP contribution in [-0.4, -0.2) is 10.9 Å². The van der Waals surface area contributed by atoms with Crippen molar-refractivity contribution in [1.82, 2.24) is 4.98 Å². The quantitative estimate of drug-likeness (QED) is 0.747. The van der Waals surface area contributed by atoms with E-state index in [9.17, 15) is 4.79 Å². The van der Waals surface area contributed by atoms with Crippen LogP contribution in [0, 0.1) is 13.8 Å². The van der Waals surface area contributed by atoms with Crippen molar-refractivity contribution in [1.29, 1.82) is 0 Å². The number of aryl methyl sites for hydroxylation is 1. The summed E-state index contributed by atoms with van der Waals surface area (Å²) in [7, 11) is 0. The Kier molecular flexibility index (Phi) is 5.09. The molecule has 0 radical (unpaired) electrons. The molecule has 126 valence electrons. The van der Waals surface area contributed by atoms with Crippen molar-refractivity contribution >= 4 is 11.6 Å². The van der Waals surface area contributed by atoms with Gasteiger partial charge in [0, 0.05) is 23.6 Å².